The molecule has 1 saturated heterocycles. The van der Waals surface area contributed by atoms with Crippen molar-refractivity contribution in [2.75, 3.05) is 26.7 Å². The minimum Gasteiger partial charge on any atom is -0.497 e. The fourth-order valence-corrected chi connectivity index (χ4v) is 5.70. The molecule has 2 aliphatic heterocycles. The lowest BCUT2D eigenvalue weighted by atomic mass is 9.90. The second-order valence-corrected chi connectivity index (χ2v) is 10.5. The minimum atomic E-state index is -0.0826. The predicted molar refractivity (Wildman–Crippen MR) is 149 cm³/mol. The highest BCUT2D eigenvalue weighted by Crippen LogP contribution is 2.35. The average molecular weight is 496 g/mol. The van der Waals surface area contributed by atoms with Crippen molar-refractivity contribution in [1.29, 1.82) is 0 Å². The van der Waals surface area contributed by atoms with Gasteiger partial charge in [0, 0.05) is 6.42 Å². The molecule has 0 N–H and O–H groups in total. The van der Waals surface area contributed by atoms with Gasteiger partial charge in [-0.2, -0.15) is 5.10 Å². The number of likely N-dealkylation sites (tertiary alicyclic amines) is 1. The number of carbonyl (C=O) groups is 1. The molecule has 1 atom stereocenters. The topological polar surface area (TPSA) is 45.1 Å². The number of amides is 1. The Morgan fingerprint density at radius 3 is 2.38 bits per heavy atom. The van der Waals surface area contributed by atoms with E-state index in [1.807, 2.05) is 24.3 Å². The number of benzene rings is 3. The van der Waals surface area contributed by atoms with Crippen LogP contribution in [0.2, 0.25) is 0 Å². The third-order valence-corrected chi connectivity index (χ3v) is 7.81. The zero-order valence-electron chi connectivity index (χ0n) is 22.2. The molecule has 3 aromatic rings. The molecule has 192 valence electrons. The molecule has 0 bridgehead atoms. The van der Waals surface area contributed by atoms with Gasteiger partial charge in [-0.05, 0) is 98.6 Å². The lowest BCUT2D eigenvalue weighted by Crippen LogP contribution is -2.42. The van der Waals surface area contributed by atoms with E-state index >= 15 is 0 Å². The van der Waals surface area contributed by atoms with Crippen LogP contribution in [-0.4, -0.2) is 48.3 Å². The van der Waals surface area contributed by atoms with Gasteiger partial charge in [-0.1, -0.05) is 54.1 Å². The second kappa shape index (κ2) is 11.3. The summed E-state index contributed by atoms with van der Waals surface area (Å²) in [6, 6.07) is 25.1. The Bertz CT molecular complexity index is 1240. The normalized spacial score (nSPS) is 18.6. The largest absolute Gasteiger partial charge is 0.497 e. The highest BCUT2D eigenvalue weighted by molar-refractivity contribution is 6.03. The van der Waals surface area contributed by atoms with Gasteiger partial charge in [0.2, 0.25) is 0 Å². The van der Waals surface area contributed by atoms with E-state index in [-0.39, 0.29) is 11.9 Å². The first-order valence-corrected chi connectivity index (χ1v) is 13.4. The Labute approximate surface area is 220 Å². The number of hydrogen-bond donors (Lipinski definition) is 0. The van der Waals surface area contributed by atoms with Crippen LogP contribution in [0.4, 0.5) is 0 Å². The van der Waals surface area contributed by atoms with E-state index in [0.29, 0.717) is 18.9 Å². The Hall–Kier alpha value is -3.44. The van der Waals surface area contributed by atoms with Crippen molar-refractivity contribution in [3.05, 3.63) is 101 Å². The van der Waals surface area contributed by atoms with Crippen LogP contribution in [0.1, 0.15) is 53.1 Å². The summed E-state index contributed by atoms with van der Waals surface area (Å²) in [6.45, 7) is 6.57. The van der Waals surface area contributed by atoms with Crippen LogP contribution in [0, 0.1) is 19.8 Å². The molecule has 0 aliphatic carbocycles. The molecule has 37 heavy (non-hydrogen) atoms. The molecule has 1 unspecified atom stereocenters. The van der Waals surface area contributed by atoms with Gasteiger partial charge in [0.1, 0.15) is 5.75 Å². The van der Waals surface area contributed by atoms with E-state index in [1.165, 1.54) is 22.3 Å². The first-order valence-electron chi connectivity index (χ1n) is 13.4. The number of carbonyl (C=O) groups excluding carboxylic acids is 1. The predicted octanol–water partition coefficient (Wildman–Crippen LogP) is 5.94. The Balaban J connectivity index is 1.29. The van der Waals surface area contributed by atoms with Gasteiger partial charge in [-0.25, -0.2) is 5.01 Å². The number of ether oxygens (including phenoxy) is 1. The van der Waals surface area contributed by atoms with Crippen LogP contribution in [0.3, 0.4) is 0 Å². The zero-order chi connectivity index (χ0) is 25.8. The summed E-state index contributed by atoms with van der Waals surface area (Å²) in [5.74, 6) is 1.58. The number of aryl methyl sites for hydroxylation is 2. The summed E-state index contributed by atoms with van der Waals surface area (Å²) in [6.07, 6.45) is 4.09. The van der Waals surface area contributed by atoms with Gasteiger partial charge in [0.25, 0.3) is 5.91 Å². The van der Waals surface area contributed by atoms with Crippen molar-refractivity contribution >= 4 is 11.6 Å². The molecule has 2 heterocycles. The van der Waals surface area contributed by atoms with Gasteiger partial charge in [0.05, 0.1) is 25.4 Å². The van der Waals surface area contributed by atoms with E-state index < -0.39 is 0 Å². The SMILES string of the molecule is COc1ccc(C2=NN(C(=O)CN3CCC(Cc4ccccc4)CC3)C(c3ccc(C)cc3C)C2)cc1. The molecule has 0 aromatic heterocycles. The number of rotatable bonds is 7. The molecular formula is C32H37N3O2. The molecule has 1 fully saturated rings. The molecule has 1 amide bonds. The first-order chi connectivity index (χ1) is 18.0. The van der Waals surface area contributed by atoms with E-state index in [0.717, 1.165) is 49.4 Å². The van der Waals surface area contributed by atoms with Crippen LogP contribution in [0.5, 0.6) is 5.75 Å². The smallest absolute Gasteiger partial charge is 0.257 e. The average Bonchev–Trinajstić information content (AvgIpc) is 3.36. The Kier molecular flexibility index (Phi) is 7.71. The van der Waals surface area contributed by atoms with Crippen molar-refractivity contribution < 1.29 is 9.53 Å². The summed E-state index contributed by atoms with van der Waals surface area (Å²) in [4.78, 5) is 16.0. The number of hydrogen-bond acceptors (Lipinski definition) is 4. The maximum atomic E-state index is 13.7. The van der Waals surface area contributed by atoms with Gasteiger partial charge in [-0.15, -0.1) is 0 Å². The van der Waals surface area contributed by atoms with Crippen LogP contribution in [0.15, 0.2) is 77.9 Å². The molecule has 0 radical (unpaired) electrons. The Morgan fingerprint density at radius 1 is 0.973 bits per heavy atom. The highest BCUT2D eigenvalue weighted by Gasteiger charge is 2.35. The number of hydrazone groups is 1. The lowest BCUT2D eigenvalue weighted by Gasteiger charge is -2.33. The molecule has 5 heteroatoms. The summed E-state index contributed by atoms with van der Waals surface area (Å²) in [7, 11) is 1.67. The van der Waals surface area contributed by atoms with Crippen LogP contribution in [0.25, 0.3) is 0 Å². The lowest BCUT2D eigenvalue weighted by molar-refractivity contribution is -0.134. The third-order valence-electron chi connectivity index (χ3n) is 7.81. The van der Waals surface area contributed by atoms with Crippen LogP contribution < -0.4 is 4.74 Å². The maximum Gasteiger partial charge on any atom is 0.257 e. The fraction of sp³-hybridized carbons (Fsp3) is 0.375. The van der Waals surface area contributed by atoms with Gasteiger partial charge in [-0.3, -0.25) is 9.69 Å². The molecule has 5 nitrogen and oxygen atoms in total. The number of methoxy groups -OCH3 is 1. The number of piperidine rings is 1. The molecule has 0 spiro atoms. The monoisotopic (exact) mass is 495 g/mol. The minimum absolute atomic E-state index is 0.0787. The summed E-state index contributed by atoms with van der Waals surface area (Å²) >= 11 is 0. The van der Waals surface area contributed by atoms with E-state index in [9.17, 15) is 4.79 Å². The maximum absolute atomic E-state index is 13.7. The summed E-state index contributed by atoms with van der Waals surface area (Å²) in [5.41, 5.74) is 7.00. The zero-order valence-corrected chi connectivity index (χ0v) is 22.2. The molecular weight excluding hydrogens is 458 g/mol. The molecule has 5 rings (SSSR count). The summed E-state index contributed by atoms with van der Waals surface area (Å²) in [5, 5.41) is 6.66. The van der Waals surface area contributed by atoms with Crippen LogP contribution >= 0.6 is 0 Å². The van der Waals surface area contributed by atoms with Gasteiger partial charge < -0.3 is 4.74 Å². The molecule has 0 saturated carbocycles. The van der Waals surface area contributed by atoms with Crippen LogP contribution in [-0.2, 0) is 11.2 Å². The third kappa shape index (κ3) is 5.94. The molecule has 2 aliphatic rings. The Morgan fingerprint density at radius 2 is 1.70 bits per heavy atom. The van der Waals surface area contributed by atoms with Gasteiger partial charge >= 0.3 is 0 Å². The fourth-order valence-electron chi connectivity index (χ4n) is 5.70. The number of nitrogens with zero attached hydrogens (tertiary/aromatic N) is 3. The molecule has 3 aromatic carbocycles. The van der Waals surface area contributed by atoms with E-state index in [2.05, 4.69) is 67.3 Å². The first kappa shape index (κ1) is 25.2. The van der Waals surface area contributed by atoms with Crippen molar-refractivity contribution in [2.24, 2.45) is 11.0 Å². The van der Waals surface area contributed by atoms with E-state index in [4.69, 9.17) is 9.84 Å². The quantitative estimate of drug-likeness (QED) is 0.407. The van der Waals surface area contributed by atoms with Crippen molar-refractivity contribution in [3.8, 4) is 5.75 Å². The van der Waals surface area contributed by atoms with Crippen molar-refractivity contribution in [2.45, 2.75) is 45.6 Å². The van der Waals surface area contributed by atoms with E-state index in [1.54, 1.807) is 12.1 Å². The van der Waals surface area contributed by atoms with Crippen molar-refractivity contribution in [1.82, 2.24) is 9.91 Å². The summed E-state index contributed by atoms with van der Waals surface area (Å²) < 4.78 is 5.32. The standard InChI is InChI=1S/C32H37N3O2/c1-23-9-14-29(24(2)19-23)31-21-30(27-10-12-28(37-3)13-11-27)33-35(31)32(36)22-34-17-15-26(16-18-34)20-25-7-5-4-6-8-25/h4-14,19,26,31H,15-18,20-22H2,1-3H3. The van der Waals surface area contributed by atoms with Crippen molar-refractivity contribution in [3.63, 3.8) is 0 Å². The second-order valence-electron chi connectivity index (χ2n) is 10.5. The highest BCUT2D eigenvalue weighted by atomic mass is 16.5. The van der Waals surface area contributed by atoms with Gasteiger partial charge in [0.15, 0.2) is 0 Å².